The first kappa shape index (κ1) is 15.4. The maximum absolute atomic E-state index is 12.6. The van der Waals surface area contributed by atoms with Crippen molar-refractivity contribution in [2.24, 2.45) is 0 Å². The van der Waals surface area contributed by atoms with Gasteiger partial charge in [0.15, 0.2) is 0 Å². The highest BCUT2D eigenvalue weighted by Gasteiger charge is 2.33. The zero-order valence-corrected chi connectivity index (χ0v) is 13.5. The topological polar surface area (TPSA) is 65.4 Å². The van der Waals surface area contributed by atoms with Crippen LogP contribution < -0.4 is 5.32 Å². The Balaban J connectivity index is 1.52. The second kappa shape index (κ2) is 6.75. The van der Waals surface area contributed by atoms with Crippen molar-refractivity contribution in [3.8, 4) is 5.69 Å². The minimum atomic E-state index is -0.0748. The monoisotopic (exact) mass is 327 g/mol. The largest absolute Gasteiger partial charge is 0.355 e. The van der Waals surface area contributed by atoms with Gasteiger partial charge in [-0.15, -0.1) is 0 Å². The third-order valence-electron chi connectivity index (χ3n) is 4.48. The van der Waals surface area contributed by atoms with Gasteiger partial charge in [0.05, 0.1) is 35.9 Å². The lowest BCUT2D eigenvalue weighted by molar-refractivity contribution is -0.136. The molecule has 1 saturated carbocycles. The molecule has 1 aromatic carbocycles. The van der Waals surface area contributed by atoms with E-state index in [1.165, 1.54) is 0 Å². The van der Waals surface area contributed by atoms with Crippen molar-refractivity contribution in [2.45, 2.75) is 31.3 Å². The maximum Gasteiger partial charge on any atom is 0.254 e. The summed E-state index contributed by atoms with van der Waals surface area (Å²) in [4.78, 5) is 12.6. The Morgan fingerprint density at radius 3 is 2.79 bits per heavy atom. The molecule has 24 heavy (non-hydrogen) atoms. The minimum absolute atomic E-state index is 0.0243. The van der Waals surface area contributed by atoms with Crippen molar-refractivity contribution >= 4 is 5.91 Å². The van der Waals surface area contributed by atoms with Gasteiger partial charge in [0, 0.05) is 12.5 Å². The molecular weight excluding hydrogens is 306 g/mol. The molecule has 2 fully saturated rings. The minimum Gasteiger partial charge on any atom is -0.355 e. The molecule has 1 amide bonds. The van der Waals surface area contributed by atoms with E-state index < -0.39 is 0 Å². The Morgan fingerprint density at radius 2 is 2.08 bits per heavy atom. The molecule has 0 radical (unpaired) electrons. The number of nitrogens with zero attached hydrogens (tertiary/aromatic N) is 2. The number of aromatic nitrogens is 2. The second-order valence-corrected chi connectivity index (χ2v) is 6.28. The molecule has 2 heterocycles. The summed E-state index contributed by atoms with van der Waals surface area (Å²) in [5, 5.41) is 7.45. The predicted molar refractivity (Wildman–Crippen MR) is 88.2 cm³/mol. The van der Waals surface area contributed by atoms with Gasteiger partial charge < -0.3 is 14.8 Å². The first-order valence-electron chi connectivity index (χ1n) is 8.44. The molecule has 6 heteroatoms. The molecule has 1 aliphatic heterocycles. The normalized spacial score (nSPS) is 20.8. The molecule has 1 saturated heterocycles. The molecule has 126 valence electrons. The SMILES string of the molecule is O=C(NC[C@@H]1CCOCO1)c1cnn(-c2ccccc2)c1C1CC1. The van der Waals surface area contributed by atoms with Crippen LogP contribution in [0.1, 0.15) is 41.2 Å². The van der Waals surface area contributed by atoms with E-state index in [1.807, 2.05) is 35.0 Å². The van der Waals surface area contributed by atoms with Gasteiger partial charge in [0.1, 0.15) is 6.79 Å². The number of hydrogen-bond acceptors (Lipinski definition) is 4. The van der Waals surface area contributed by atoms with E-state index in [2.05, 4.69) is 10.4 Å². The van der Waals surface area contributed by atoms with Gasteiger partial charge in [-0.05, 0) is 31.4 Å². The van der Waals surface area contributed by atoms with E-state index in [9.17, 15) is 4.79 Å². The van der Waals surface area contributed by atoms with Crippen LogP contribution >= 0.6 is 0 Å². The summed E-state index contributed by atoms with van der Waals surface area (Å²) >= 11 is 0. The van der Waals surface area contributed by atoms with E-state index in [4.69, 9.17) is 9.47 Å². The molecule has 2 aliphatic rings. The molecule has 1 aromatic heterocycles. The highest BCUT2D eigenvalue weighted by molar-refractivity contribution is 5.95. The van der Waals surface area contributed by atoms with E-state index >= 15 is 0 Å². The average Bonchev–Trinajstić information content (AvgIpc) is 3.39. The van der Waals surface area contributed by atoms with Gasteiger partial charge in [-0.2, -0.15) is 5.10 Å². The fourth-order valence-corrected chi connectivity index (χ4v) is 3.02. The number of nitrogens with one attached hydrogen (secondary N) is 1. The number of ether oxygens (including phenoxy) is 2. The van der Waals surface area contributed by atoms with Gasteiger partial charge in [0.2, 0.25) is 0 Å². The lowest BCUT2D eigenvalue weighted by atomic mass is 10.1. The summed E-state index contributed by atoms with van der Waals surface area (Å²) in [7, 11) is 0. The lowest BCUT2D eigenvalue weighted by Gasteiger charge is -2.22. The number of rotatable bonds is 5. The molecule has 1 atom stereocenters. The molecule has 1 aliphatic carbocycles. The van der Waals surface area contributed by atoms with E-state index in [0.29, 0.717) is 31.4 Å². The van der Waals surface area contributed by atoms with Crippen molar-refractivity contribution < 1.29 is 14.3 Å². The zero-order chi connectivity index (χ0) is 16.4. The first-order valence-corrected chi connectivity index (χ1v) is 8.44. The van der Waals surface area contributed by atoms with E-state index in [-0.39, 0.29) is 12.0 Å². The van der Waals surface area contributed by atoms with Crippen molar-refractivity contribution in [1.29, 1.82) is 0 Å². The predicted octanol–water partition coefficient (Wildman–Crippen LogP) is 2.24. The van der Waals surface area contributed by atoms with E-state index in [1.54, 1.807) is 6.20 Å². The third-order valence-corrected chi connectivity index (χ3v) is 4.48. The van der Waals surface area contributed by atoms with Crippen LogP contribution in [0, 0.1) is 0 Å². The smallest absolute Gasteiger partial charge is 0.254 e. The maximum atomic E-state index is 12.6. The molecule has 2 aromatic rings. The summed E-state index contributed by atoms with van der Waals surface area (Å²) in [6, 6.07) is 9.96. The zero-order valence-electron chi connectivity index (χ0n) is 13.5. The fraction of sp³-hybridized carbons (Fsp3) is 0.444. The Bertz CT molecular complexity index is 704. The standard InChI is InChI=1S/C18H21N3O3/c22-18(19-10-15-8-9-23-12-24-15)16-11-20-21(17(16)13-6-7-13)14-4-2-1-3-5-14/h1-5,11,13,15H,6-10,12H2,(H,19,22)/t15-/m0/s1. The van der Waals surface area contributed by atoms with Crippen LogP contribution in [0.25, 0.3) is 5.69 Å². The van der Waals surface area contributed by atoms with Crippen molar-refractivity contribution in [3.05, 3.63) is 47.8 Å². The Morgan fingerprint density at radius 1 is 1.25 bits per heavy atom. The van der Waals surface area contributed by atoms with Crippen LogP contribution in [-0.4, -0.2) is 41.7 Å². The van der Waals surface area contributed by atoms with Crippen molar-refractivity contribution in [1.82, 2.24) is 15.1 Å². The first-order chi connectivity index (χ1) is 11.8. The molecule has 1 N–H and O–H groups in total. The summed E-state index contributed by atoms with van der Waals surface area (Å²) in [5.41, 5.74) is 2.69. The third kappa shape index (κ3) is 3.20. The quantitative estimate of drug-likeness (QED) is 0.915. The Kier molecular flexibility index (Phi) is 4.32. The number of para-hydroxylation sites is 1. The average molecular weight is 327 g/mol. The molecule has 0 bridgehead atoms. The Hall–Kier alpha value is -2.18. The lowest BCUT2D eigenvalue weighted by Crippen LogP contribution is -2.37. The van der Waals surface area contributed by atoms with Gasteiger partial charge in [0.25, 0.3) is 5.91 Å². The van der Waals surface area contributed by atoms with Crippen LogP contribution in [0.4, 0.5) is 0 Å². The molecule has 0 spiro atoms. The summed E-state index contributed by atoms with van der Waals surface area (Å²) < 4.78 is 12.5. The number of hydrogen-bond donors (Lipinski definition) is 1. The summed E-state index contributed by atoms with van der Waals surface area (Å²) in [5.74, 6) is 0.349. The van der Waals surface area contributed by atoms with Crippen molar-refractivity contribution in [2.75, 3.05) is 19.9 Å². The van der Waals surface area contributed by atoms with Gasteiger partial charge in [-0.25, -0.2) is 4.68 Å². The number of amides is 1. The molecule has 4 rings (SSSR count). The molecular formula is C18H21N3O3. The highest BCUT2D eigenvalue weighted by Crippen LogP contribution is 2.42. The van der Waals surface area contributed by atoms with Gasteiger partial charge in [-0.1, -0.05) is 18.2 Å². The number of benzene rings is 1. The van der Waals surface area contributed by atoms with Crippen molar-refractivity contribution in [3.63, 3.8) is 0 Å². The van der Waals surface area contributed by atoms with E-state index in [0.717, 1.165) is 30.6 Å². The van der Waals surface area contributed by atoms with Crippen LogP contribution in [0.2, 0.25) is 0 Å². The van der Waals surface area contributed by atoms with Crippen LogP contribution in [0.5, 0.6) is 0 Å². The van der Waals surface area contributed by atoms with Crippen LogP contribution in [0.15, 0.2) is 36.5 Å². The van der Waals surface area contributed by atoms with Gasteiger partial charge >= 0.3 is 0 Å². The molecule has 6 nitrogen and oxygen atoms in total. The van der Waals surface area contributed by atoms with Crippen LogP contribution in [0.3, 0.4) is 0 Å². The van der Waals surface area contributed by atoms with Gasteiger partial charge in [-0.3, -0.25) is 4.79 Å². The van der Waals surface area contributed by atoms with Crippen LogP contribution in [-0.2, 0) is 9.47 Å². The Labute approximate surface area is 140 Å². The summed E-state index contributed by atoms with van der Waals surface area (Å²) in [6.07, 6.45) is 4.74. The molecule has 0 unspecified atom stereocenters. The fourth-order valence-electron chi connectivity index (χ4n) is 3.02. The second-order valence-electron chi connectivity index (χ2n) is 6.28. The highest BCUT2D eigenvalue weighted by atomic mass is 16.7. The summed E-state index contributed by atoms with van der Waals surface area (Å²) in [6.45, 7) is 1.49. The number of carbonyl (C=O) groups is 1. The number of carbonyl (C=O) groups excluding carboxylic acids is 1.